The molecule has 44 heavy (non-hydrogen) atoms. The van der Waals surface area contributed by atoms with Crippen LogP contribution < -0.4 is 9.62 Å². The Morgan fingerprint density at radius 2 is 1.57 bits per heavy atom. The molecule has 0 radical (unpaired) electrons. The van der Waals surface area contributed by atoms with Gasteiger partial charge >= 0.3 is 6.18 Å². The summed E-state index contributed by atoms with van der Waals surface area (Å²) in [5.41, 5.74) is 0.215. The van der Waals surface area contributed by atoms with E-state index in [9.17, 15) is 35.6 Å². The SMILES string of the molecule is CC(C)CNC(=O)[C@@H](Cc1ccccc1)N(Cc1ccc(F)cc1)C(=O)CCCN(c1cccc(C(F)(F)F)c1)S(C)(=O)=O. The number of alkyl halides is 3. The zero-order valence-electron chi connectivity index (χ0n) is 24.9. The summed E-state index contributed by atoms with van der Waals surface area (Å²) in [5.74, 6) is -1.15. The average Bonchev–Trinajstić information content (AvgIpc) is 2.96. The number of carbonyl (C=O) groups is 2. The number of sulfonamides is 1. The van der Waals surface area contributed by atoms with Crippen LogP contribution in [0.15, 0.2) is 78.9 Å². The minimum absolute atomic E-state index is 0.0187. The Morgan fingerprint density at radius 1 is 0.909 bits per heavy atom. The summed E-state index contributed by atoms with van der Waals surface area (Å²) in [6.07, 6.45) is -3.83. The van der Waals surface area contributed by atoms with Crippen molar-refractivity contribution in [2.75, 3.05) is 23.7 Å². The van der Waals surface area contributed by atoms with E-state index in [1.807, 2.05) is 44.2 Å². The number of benzene rings is 3. The Balaban J connectivity index is 1.89. The molecule has 3 aromatic rings. The molecule has 7 nitrogen and oxygen atoms in total. The fourth-order valence-corrected chi connectivity index (χ4v) is 5.56. The second-order valence-corrected chi connectivity index (χ2v) is 12.9. The molecule has 1 N–H and O–H groups in total. The van der Waals surface area contributed by atoms with Gasteiger partial charge in [0.1, 0.15) is 11.9 Å². The van der Waals surface area contributed by atoms with Gasteiger partial charge in [0.25, 0.3) is 0 Å². The fraction of sp³-hybridized carbons (Fsp3) is 0.375. The molecule has 0 aliphatic heterocycles. The van der Waals surface area contributed by atoms with E-state index in [1.54, 1.807) is 0 Å². The molecule has 0 spiro atoms. The van der Waals surface area contributed by atoms with Gasteiger partial charge in [-0.1, -0.05) is 62.4 Å². The highest BCUT2D eigenvalue weighted by Crippen LogP contribution is 2.32. The molecule has 0 saturated carbocycles. The van der Waals surface area contributed by atoms with Crippen LogP contribution in [-0.4, -0.2) is 50.5 Å². The molecule has 0 aliphatic rings. The van der Waals surface area contributed by atoms with Crippen molar-refractivity contribution in [2.45, 2.75) is 51.9 Å². The van der Waals surface area contributed by atoms with E-state index in [-0.39, 0.29) is 49.9 Å². The first-order valence-electron chi connectivity index (χ1n) is 14.2. The van der Waals surface area contributed by atoms with Gasteiger partial charge in [0.15, 0.2) is 0 Å². The zero-order chi connectivity index (χ0) is 32.5. The highest BCUT2D eigenvalue weighted by Gasteiger charge is 2.33. The van der Waals surface area contributed by atoms with Gasteiger partial charge in [-0.05, 0) is 53.8 Å². The minimum Gasteiger partial charge on any atom is -0.354 e. The van der Waals surface area contributed by atoms with Crippen molar-refractivity contribution >= 4 is 27.5 Å². The van der Waals surface area contributed by atoms with Crippen LogP contribution >= 0.6 is 0 Å². The molecular weight excluding hydrogens is 598 g/mol. The number of amides is 2. The van der Waals surface area contributed by atoms with Gasteiger partial charge in [-0.15, -0.1) is 0 Å². The van der Waals surface area contributed by atoms with Gasteiger partial charge in [-0.25, -0.2) is 12.8 Å². The number of halogens is 4. The molecule has 0 bridgehead atoms. The van der Waals surface area contributed by atoms with E-state index in [4.69, 9.17) is 0 Å². The molecule has 0 unspecified atom stereocenters. The normalized spacial score (nSPS) is 12.5. The van der Waals surface area contributed by atoms with Crippen molar-refractivity contribution < 1.29 is 35.6 Å². The number of rotatable bonds is 14. The minimum atomic E-state index is -4.67. The molecule has 1 atom stereocenters. The predicted molar refractivity (Wildman–Crippen MR) is 162 cm³/mol. The number of hydrogen-bond acceptors (Lipinski definition) is 4. The summed E-state index contributed by atoms with van der Waals surface area (Å²) in [6.45, 7) is 3.97. The maximum Gasteiger partial charge on any atom is 0.416 e. The lowest BCUT2D eigenvalue weighted by atomic mass is 10.0. The number of nitrogens with one attached hydrogen (secondary N) is 1. The Labute approximate surface area is 255 Å². The second-order valence-electron chi connectivity index (χ2n) is 11.0. The fourth-order valence-electron chi connectivity index (χ4n) is 4.60. The van der Waals surface area contributed by atoms with Gasteiger partial charge in [-0.2, -0.15) is 13.2 Å². The Bertz CT molecular complexity index is 1500. The molecule has 3 rings (SSSR count). The van der Waals surface area contributed by atoms with E-state index in [1.165, 1.54) is 35.2 Å². The molecular formula is C32H37F4N3O4S. The highest BCUT2D eigenvalue weighted by molar-refractivity contribution is 7.92. The predicted octanol–water partition coefficient (Wildman–Crippen LogP) is 5.80. The van der Waals surface area contributed by atoms with Crippen LogP contribution in [0.5, 0.6) is 0 Å². The largest absolute Gasteiger partial charge is 0.416 e. The summed E-state index contributed by atoms with van der Waals surface area (Å²) < 4.78 is 79.5. The van der Waals surface area contributed by atoms with Gasteiger partial charge in [0.2, 0.25) is 21.8 Å². The first-order valence-corrected chi connectivity index (χ1v) is 16.0. The summed E-state index contributed by atoms with van der Waals surface area (Å²) in [4.78, 5) is 28.7. The van der Waals surface area contributed by atoms with Crippen LogP contribution in [-0.2, 0) is 38.8 Å². The first-order chi connectivity index (χ1) is 20.6. The third kappa shape index (κ3) is 10.4. The highest BCUT2D eigenvalue weighted by atomic mass is 32.2. The maximum absolute atomic E-state index is 13.8. The van der Waals surface area contributed by atoms with Crippen molar-refractivity contribution in [1.29, 1.82) is 0 Å². The van der Waals surface area contributed by atoms with Crippen LogP contribution in [0.1, 0.15) is 43.4 Å². The summed E-state index contributed by atoms with van der Waals surface area (Å²) in [7, 11) is -4.00. The third-order valence-electron chi connectivity index (χ3n) is 6.84. The van der Waals surface area contributed by atoms with E-state index in [0.717, 1.165) is 34.3 Å². The van der Waals surface area contributed by atoms with Crippen LogP contribution in [0.3, 0.4) is 0 Å². The molecule has 2 amide bonds. The van der Waals surface area contributed by atoms with E-state index in [2.05, 4.69) is 5.32 Å². The van der Waals surface area contributed by atoms with E-state index < -0.39 is 39.5 Å². The Morgan fingerprint density at radius 3 is 2.16 bits per heavy atom. The average molecular weight is 636 g/mol. The van der Waals surface area contributed by atoms with Crippen molar-refractivity contribution in [3.8, 4) is 0 Å². The van der Waals surface area contributed by atoms with E-state index >= 15 is 0 Å². The Kier molecular flexibility index (Phi) is 11.9. The van der Waals surface area contributed by atoms with Crippen LogP contribution in [0.2, 0.25) is 0 Å². The van der Waals surface area contributed by atoms with Crippen molar-refractivity contribution in [1.82, 2.24) is 10.2 Å². The number of hydrogen-bond donors (Lipinski definition) is 1. The lowest BCUT2D eigenvalue weighted by Crippen LogP contribution is -2.51. The van der Waals surface area contributed by atoms with Crippen LogP contribution in [0.25, 0.3) is 0 Å². The van der Waals surface area contributed by atoms with Gasteiger partial charge < -0.3 is 10.2 Å². The summed E-state index contributed by atoms with van der Waals surface area (Å²) in [6, 6.07) is 17.7. The number of nitrogens with zero attached hydrogens (tertiary/aromatic N) is 2. The third-order valence-corrected chi connectivity index (χ3v) is 8.03. The van der Waals surface area contributed by atoms with E-state index in [0.29, 0.717) is 12.1 Å². The molecule has 0 aliphatic carbocycles. The topological polar surface area (TPSA) is 86.8 Å². The first kappa shape index (κ1) is 34.6. The van der Waals surface area contributed by atoms with Crippen LogP contribution in [0, 0.1) is 11.7 Å². The molecule has 3 aromatic carbocycles. The van der Waals surface area contributed by atoms with Gasteiger partial charge in [0, 0.05) is 32.5 Å². The lowest BCUT2D eigenvalue weighted by molar-refractivity contribution is -0.141. The maximum atomic E-state index is 13.8. The second kappa shape index (κ2) is 15.2. The van der Waals surface area contributed by atoms with Crippen LogP contribution in [0.4, 0.5) is 23.2 Å². The molecule has 238 valence electrons. The van der Waals surface area contributed by atoms with Gasteiger partial charge in [-0.3, -0.25) is 13.9 Å². The van der Waals surface area contributed by atoms with Crippen molar-refractivity contribution in [3.63, 3.8) is 0 Å². The van der Waals surface area contributed by atoms with Gasteiger partial charge in [0.05, 0.1) is 17.5 Å². The zero-order valence-corrected chi connectivity index (χ0v) is 25.7. The van der Waals surface area contributed by atoms with Crippen molar-refractivity contribution in [3.05, 3.63) is 101 Å². The molecule has 0 aromatic heterocycles. The Hall–Kier alpha value is -3.93. The quantitative estimate of drug-likeness (QED) is 0.227. The monoisotopic (exact) mass is 635 g/mol. The molecule has 0 saturated heterocycles. The lowest BCUT2D eigenvalue weighted by Gasteiger charge is -2.32. The smallest absolute Gasteiger partial charge is 0.354 e. The molecule has 12 heteroatoms. The summed E-state index contributed by atoms with van der Waals surface area (Å²) in [5, 5.41) is 2.89. The van der Waals surface area contributed by atoms with Crippen molar-refractivity contribution in [2.24, 2.45) is 5.92 Å². The number of carbonyl (C=O) groups excluding carboxylic acids is 2. The standard InChI is InChI=1S/C32H37F4N3O4S/c1-23(2)21-37-31(41)29(19-24-9-5-4-6-10-24)38(22-25-14-16-27(33)17-15-25)30(40)13-8-18-39(44(3,42)43)28-12-7-11-26(20-28)32(34,35)36/h4-7,9-12,14-17,20,23,29H,8,13,18-19,21-22H2,1-3H3,(H,37,41)/t29-/m1/s1. The molecule has 0 fully saturated rings. The summed E-state index contributed by atoms with van der Waals surface area (Å²) >= 11 is 0. The molecule has 0 heterocycles. The number of anilines is 1.